The molecule has 0 aliphatic heterocycles. The number of ether oxygens (including phenoxy) is 1. The molecule has 2 aromatic heterocycles. The lowest BCUT2D eigenvalue weighted by Crippen LogP contribution is -1.99. The highest BCUT2D eigenvalue weighted by atomic mass is 79.9. The first-order chi connectivity index (χ1) is 9.26. The molecule has 0 bridgehead atoms. The normalized spacial score (nSPS) is 10.6. The number of imidazole rings is 1. The van der Waals surface area contributed by atoms with Gasteiger partial charge in [-0.05, 0) is 28.1 Å². The molecule has 0 amide bonds. The van der Waals surface area contributed by atoms with Crippen molar-refractivity contribution in [3.8, 4) is 5.75 Å². The minimum absolute atomic E-state index is 0.688. The van der Waals surface area contributed by atoms with Crippen LogP contribution in [0.2, 0.25) is 0 Å². The van der Waals surface area contributed by atoms with E-state index in [-0.39, 0.29) is 0 Å². The Kier molecular flexibility index (Phi) is 3.08. The van der Waals surface area contributed by atoms with Crippen LogP contribution in [0.5, 0.6) is 5.75 Å². The summed E-state index contributed by atoms with van der Waals surface area (Å²) in [5.74, 6) is 1.48. The fraction of sp³-hybridized carbons (Fsp3) is 0.0769. The zero-order valence-electron chi connectivity index (χ0n) is 10.2. The molecule has 0 fully saturated rings. The third-order valence-corrected chi connectivity index (χ3v) is 3.06. The molecule has 0 saturated heterocycles. The van der Waals surface area contributed by atoms with E-state index in [0.29, 0.717) is 5.82 Å². The number of nitrogens with zero attached hydrogens (tertiary/aromatic N) is 3. The number of benzene rings is 1. The number of anilines is 2. The van der Waals surface area contributed by atoms with E-state index < -0.39 is 0 Å². The first-order valence-electron chi connectivity index (χ1n) is 5.66. The average molecular weight is 319 g/mol. The van der Waals surface area contributed by atoms with Crippen LogP contribution in [0.25, 0.3) is 5.65 Å². The Morgan fingerprint density at radius 1 is 1.37 bits per heavy atom. The molecule has 3 aromatic rings. The Bertz CT molecular complexity index is 725. The van der Waals surface area contributed by atoms with Crippen molar-refractivity contribution in [3.63, 3.8) is 0 Å². The molecular formula is C13H11BrN4O. The zero-order valence-corrected chi connectivity index (χ0v) is 11.8. The number of nitrogens with one attached hydrogen (secondary N) is 1. The topological polar surface area (TPSA) is 51.5 Å². The lowest BCUT2D eigenvalue weighted by molar-refractivity contribution is 0.415. The number of rotatable bonds is 3. The van der Waals surface area contributed by atoms with Crippen molar-refractivity contribution < 1.29 is 4.74 Å². The quantitative estimate of drug-likeness (QED) is 0.805. The van der Waals surface area contributed by atoms with Crippen molar-refractivity contribution in [3.05, 3.63) is 47.5 Å². The van der Waals surface area contributed by atoms with Gasteiger partial charge in [0.05, 0.1) is 7.11 Å². The Morgan fingerprint density at radius 2 is 2.26 bits per heavy atom. The smallest absolute Gasteiger partial charge is 0.180 e. The van der Waals surface area contributed by atoms with Gasteiger partial charge < -0.3 is 14.5 Å². The van der Waals surface area contributed by atoms with E-state index in [1.807, 2.05) is 41.1 Å². The maximum absolute atomic E-state index is 5.20. The number of fused-ring (bicyclic) bond motifs is 1. The van der Waals surface area contributed by atoms with Gasteiger partial charge in [-0.1, -0.05) is 6.07 Å². The minimum Gasteiger partial charge on any atom is -0.497 e. The maximum Gasteiger partial charge on any atom is 0.180 e. The highest BCUT2D eigenvalue weighted by molar-refractivity contribution is 9.10. The molecule has 0 saturated carbocycles. The van der Waals surface area contributed by atoms with Gasteiger partial charge in [0.1, 0.15) is 10.4 Å². The van der Waals surface area contributed by atoms with Crippen molar-refractivity contribution in [2.75, 3.05) is 12.4 Å². The Labute approximate surface area is 118 Å². The van der Waals surface area contributed by atoms with Crippen LogP contribution in [0, 0.1) is 0 Å². The van der Waals surface area contributed by atoms with E-state index in [1.165, 1.54) is 0 Å². The van der Waals surface area contributed by atoms with Gasteiger partial charge >= 0.3 is 0 Å². The van der Waals surface area contributed by atoms with Crippen LogP contribution in [-0.2, 0) is 0 Å². The summed E-state index contributed by atoms with van der Waals surface area (Å²) >= 11 is 3.39. The van der Waals surface area contributed by atoms with Gasteiger partial charge in [-0.3, -0.25) is 0 Å². The van der Waals surface area contributed by atoms with Crippen molar-refractivity contribution in [1.82, 2.24) is 14.4 Å². The van der Waals surface area contributed by atoms with Crippen molar-refractivity contribution in [1.29, 1.82) is 0 Å². The van der Waals surface area contributed by atoms with Crippen LogP contribution >= 0.6 is 15.9 Å². The number of halogens is 1. The molecule has 0 aliphatic carbocycles. The molecule has 2 heterocycles. The van der Waals surface area contributed by atoms with Gasteiger partial charge in [-0.2, -0.15) is 0 Å². The molecule has 19 heavy (non-hydrogen) atoms. The molecular weight excluding hydrogens is 308 g/mol. The van der Waals surface area contributed by atoms with Crippen molar-refractivity contribution in [2.24, 2.45) is 0 Å². The third-order valence-electron chi connectivity index (χ3n) is 2.68. The van der Waals surface area contributed by atoms with E-state index in [4.69, 9.17) is 4.74 Å². The molecule has 0 atom stereocenters. The summed E-state index contributed by atoms with van der Waals surface area (Å²) in [5, 5.41) is 3.24. The molecule has 0 radical (unpaired) electrons. The number of methoxy groups -OCH3 is 1. The Hall–Kier alpha value is -2.08. The van der Waals surface area contributed by atoms with Gasteiger partial charge in [0.15, 0.2) is 11.5 Å². The Morgan fingerprint density at radius 3 is 3.11 bits per heavy atom. The van der Waals surface area contributed by atoms with E-state index >= 15 is 0 Å². The molecule has 96 valence electrons. The van der Waals surface area contributed by atoms with Crippen LogP contribution in [0.1, 0.15) is 0 Å². The van der Waals surface area contributed by atoms with Crippen LogP contribution in [0.15, 0.2) is 47.5 Å². The summed E-state index contributed by atoms with van der Waals surface area (Å²) in [6, 6.07) is 7.67. The third kappa shape index (κ3) is 2.39. The van der Waals surface area contributed by atoms with Gasteiger partial charge in [0.2, 0.25) is 0 Å². The predicted octanol–water partition coefficient (Wildman–Crippen LogP) is 3.24. The second-order valence-corrected chi connectivity index (χ2v) is 4.74. The monoisotopic (exact) mass is 318 g/mol. The number of hydrogen-bond acceptors (Lipinski definition) is 4. The second kappa shape index (κ2) is 4.89. The molecule has 1 N–H and O–H groups in total. The number of hydrogen-bond donors (Lipinski definition) is 1. The average Bonchev–Trinajstić information content (AvgIpc) is 2.87. The van der Waals surface area contributed by atoms with Gasteiger partial charge in [0, 0.05) is 30.3 Å². The molecule has 5 nitrogen and oxygen atoms in total. The maximum atomic E-state index is 5.20. The van der Waals surface area contributed by atoms with Gasteiger partial charge in [-0.25, -0.2) is 9.97 Å². The first-order valence-corrected chi connectivity index (χ1v) is 6.46. The highest BCUT2D eigenvalue weighted by Gasteiger charge is 2.07. The summed E-state index contributed by atoms with van der Waals surface area (Å²) in [6.07, 6.45) is 5.47. The highest BCUT2D eigenvalue weighted by Crippen LogP contribution is 2.23. The fourth-order valence-electron chi connectivity index (χ4n) is 1.82. The lowest BCUT2D eigenvalue weighted by Gasteiger charge is -2.08. The molecule has 0 spiro atoms. The fourth-order valence-corrected chi connectivity index (χ4v) is 2.22. The second-order valence-electron chi connectivity index (χ2n) is 3.93. The predicted molar refractivity (Wildman–Crippen MR) is 77.0 cm³/mol. The summed E-state index contributed by atoms with van der Waals surface area (Å²) in [7, 11) is 1.64. The summed E-state index contributed by atoms with van der Waals surface area (Å²) in [5.41, 5.74) is 1.67. The Balaban J connectivity index is 2.02. The van der Waals surface area contributed by atoms with E-state index in [2.05, 4.69) is 31.2 Å². The number of aromatic nitrogens is 3. The standard InChI is InChI=1S/C13H11BrN4O/c1-19-10-4-2-3-9(7-10)16-12-13-15-5-6-18(13)8-11(14)17-12/h2-8H,1H3,(H,16,17). The van der Waals surface area contributed by atoms with Gasteiger partial charge in [-0.15, -0.1) is 0 Å². The SMILES string of the molecule is COc1cccc(Nc2nc(Br)cn3ccnc23)c1. The summed E-state index contributed by atoms with van der Waals surface area (Å²) in [4.78, 5) is 8.69. The van der Waals surface area contributed by atoms with Crippen molar-refractivity contribution >= 4 is 33.1 Å². The molecule has 6 heteroatoms. The van der Waals surface area contributed by atoms with Gasteiger partial charge in [0.25, 0.3) is 0 Å². The lowest BCUT2D eigenvalue weighted by atomic mass is 10.3. The van der Waals surface area contributed by atoms with E-state index in [0.717, 1.165) is 21.7 Å². The van der Waals surface area contributed by atoms with Crippen LogP contribution in [0.3, 0.4) is 0 Å². The van der Waals surface area contributed by atoms with E-state index in [1.54, 1.807) is 13.3 Å². The zero-order chi connectivity index (χ0) is 13.2. The summed E-state index contributed by atoms with van der Waals surface area (Å²) in [6.45, 7) is 0. The molecule has 0 unspecified atom stereocenters. The van der Waals surface area contributed by atoms with Crippen LogP contribution < -0.4 is 10.1 Å². The summed E-state index contributed by atoms with van der Waals surface area (Å²) < 4.78 is 7.84. The van der Waals surface area contributed by atoms with E-state index in [9.17, 15) is 0 Å². The largest absolute Gasteiger partial charge is 0.497 e. The molecule has 0 aliphatic rings. The van der Waals surface area contributed by atoms with Crippen LogP contribution in [-0.4, -0.2) is 21.5 Å². The van der Waals surface area contributed by atoms with Crippen LogP contribution in [0.4, 0.5) is 11.5 Å². The molecule has 3 rings (SSSR count). The molecule has 1 aromatic carbocycles. The first kappa shape index (κ1) is 12.0. The minimum atomic E-state index is 0.688. The van der Waals surface area contributed by atoms with Crippen molar-refractivity contribution in [2.45, 2.75) is 0 Å².